The van der Waals surface area contributed by atoms with Crippen LogP contribution in [0.4, 0.5) is 17.3 Å². The summed E-state index contributed by atoms with van der Waals surface area (Å²) in [6.07, 6.45) is 4.49. The summed E-state index contributed by atoms with van der Waals surface area (Å²) in [4.78, 5) is 32.0. The van der Waals surface area contributed by atoms with E-state index in [1.807, 2.05) is 0 Å². The first-order chi connectivity index (χ1) is 20.7. The van der Waals surface area contributed by atoms with Gasteiger partial charge >= 0.3 is 0 Å². The summed E-state index contributed by atoms with van der Waals surface area (Å²) in [5.41, 5.74) is 2.17. The van der Waals surface area contributed by atoms with Crippen LogP contribution in [0.5, 0.6) is 0 Å². The molecule has 13 heteroatoms. The highest BCUT2D eigenvalue weighted by atomic mass is 35.5. The third kappa shape index (κ3) is 5.48. The molecule has 0 fully saturated rings. The van der Waals surface area contributed by atoms with Crippen LogP contribution in [0.2, 0.25) is 5.02 Å². The van der Waals surface area contributed by atoms with Crippen molar-refractivity contribution in [1.29, 1.82) is 0 Å². The molecule has 0 bridgehead atoms. The monoisotopic (exact) mass is 612 g/mol. The summed E-state index contributed by atoms with van der Waals surface area (Å²) in [6, 6.07) is 24.1. The second-order valence-electron chi connectivity index (χ2n) is 9.50. The fourth-order valence-electron chi connectivity index (χ4n) is 4.64. The third-order valence-electron chi connectivity index (χ3n) is 6.72. The Morgan fingerprint density at radius 1 is 0.907 bits per heavy atom. The van der Waals surface area contributed by atoms with Crippen molar-refractivity contribution in [2.24, 2.45) is 0 Å². The number of para-hydroxylation sites is 1. The van der Waals surface area contributed by atoms with Gasteiger partial charge < -0.3 is 9.88 Å². The molecule has 0 amide bonds. The minimum atomic E-state index is -3.92. The van der Waals surface area contributed by atoms with E-state index in [2.05, 4.69) is 15.3 Å². The Hall–Kier alpha value is -5.33. The van der Waals surface area contributed by atoms with Crippen LogP contribution >= 0.6 is 11.6 Å². The Morgan fingerprint density at radius 3 is 2.37 bits per heavy atom. The molecular formula is C30H21ClN6O5S. The van der Waals surface area contributed by atoms with Gasteiger partial charge in [0.05, 0.1) is 44.5 Å². The summed E-state index contributed by atoms with van der Waals surface area (Å²) < 4.78 is 29.8. The van der Waals surface area contributed by atoms with Gasteiger partial charge in [-0.2, -0.15) is 0 Å². The molecule has 214 valence electrons. The zero-order chi connectivity index (χ0) is 30.1. The van der Waals surface area contributed by atoms with Crippen LogP contribution in [0.25, 0.3) is 22.2 Å². The summed E-state index contributed by atoms with van der Waals surface area (Å²) in [7, 11) is -3.92. The first-order valence-electron chi connectivity index (χ1n) is 12.9. The molecule has 0 aliphatic heterocycles. The smallest absolute Gasteiger partial charge is 0.269 e. The Morgan fingerprint density at radius 2 is 1.63 bits per heavy atom. The Balaban J connectivity index is 1.35. The molecule has 0 radical (unpaired) electrons. The van der Waals surface area contributed by atoms with Crippen LogP contribution in [-0.4, -0.2) is 31.8 Å². The Kier molecular flexibility index (Phi) is 7.22. The summed E-state index contributed by atoms with van der Waals surface area (Å²) in [5, 5.41) is 14.9. The van der Waals surface area contributed by atoms with Gasteiger partial charge in [0.25, 0.3) is 21.3 Å². The average Bonchev–Trinajstić information content (AvgIpc) is 3.41. The van der Waals surface area contributed by atoms with Gasteiger partial charge in [-0.1, -0.05) is 60.1 Å². The van der Waals surface area contributed by atoms with E-state index < -0.39 is 14.9 Å². The van der Waals surface area contributed by atoms with Crippen molar-refractivity contribution in [2.45, 2.75) is 11.4 Å². The molecule has 43 heavy (non-hydrogen) atoms. The molecule has 0 aliphatic rings. The highest BCUT2D eigenvalue weighted by Crippen LogP contribution is 2.36. The van der Waals surface area contributed by atoms with Crippen molar-refractivity contribution in [2.75, 3.05) is 5.32 Å². The fraction of sp³-hybridized carbons (Fsp3) is 0.0333. The lowest BCUT2D eigenvalue weighted by molar-refractivity contribution is -0.384. The molecular weight excluding hydrogens is 592 g/mol. The topological polar surface area (TPSA) is 142 Å². The predicted molar refractivity (Wildman–Crippen MR) is 163 cm³/mol. The van der Waals surface area contributed by atoms with Crippen molar-refractivity contribution in [3.05, 3.63) is 141 Å². The molecule has 11 nitrogen and oxygen atoms in total. The van der Waals surface area contributed by atoms with Gasteiger partial charge in [0.15, 0.2) is 0 Å². The second kappa shape index (κ2) is 11.2. The van der Waals surface area contributed by atoms with Gasteiger partial charge in [0, 0.05) is 41.5 Å². The average molecular weight is 613 g/mol. The van der Waals surface area contributed by atoms with Crippen LogP contribution in [0.1, 0.15) is 5.56 Å². The molecule has 3 heterocycles. The Bertz CT molecular complexity index is 2160. The molecule has 3 aromatic carbocycles. The van der Waals surface area contributed by atoms with Gasteiger partial charge in [0.2, 0.25) is 5.95 Å². The van der Waals surface area contributed by atoms with E-state index in [4.69, 9.17) is 11.6 Å². The predicted octanol–water partition coefficient (Wildman–Crippen LogP) is 5.85. The number of nitro benzene ring substituents is 1. The lowest BCUT2D eigenvalue weighted by Gasteiger charge is -2.11. The van der Waals surface area contributed by atoms with Crippen LogP contribution in [0, 0.1) is 10.1 Å². The van der Waals surface area contributed by atoms with Gasteiger partial charge in [0.1, 0.15) is 0 Å². The maximum atomic E-state index is 13.5. The standard InChI is InChI=1S/C30H21ClN6O5S/c31-26-16-32-30(33-21-12-15-28(38)35(18-21)17-20-10-13-22(14-11-20)37(39)40)34-29(26)25-19-36(27-9-5-4-8-24(25)27)43(41,42)23-6-2-1-3-7-23/h1-16,18-19H,17H2,(H,32,33,34). The molecule has 0 atom stereocenters. The number of nitrogens with one attached hydrogen (secondary N) is 1. The van der Waals surface area contributed by atoms with Gasteiger partial charge in [-0.05, 0) is 29.8 Å². The quantitative estimate of drug-likeness (QED) is 0.167. The Labute approximate surface area is 249 Å². The molecule has 0 unspecified atom stereocenters. The van der Waals surface area contributed by atoms with Gasteiger partial charge in [-0.25, -0.2) is 22.4 Å². The van der Waals surface area contributed by atoms with Crippen LogP contribution < -0.4 is 10.9 Å². The lowest BCUT2D eigenvalue weighted by Crippen LogP contribution is -2.19. The number of non-ortho nitro benzene ring substituents is 1. The number of hydrogen-bond acceptors (Lipinski definition) is 8. The summed E-state index contributed by atoms with van der Waals surface area (Å²) in [5.74, 6) is 0.169. The number of nitro groups is 1. The van der Waals surface area contributed by atoms with E-state index in [0.717, 1.165) is 0 Å². The summed E-state index contributed by atoms with van der Waals surface area (Å²) in [6.45, 7) is 0.189. The van der Waals surface area contributed by atoms with Crippen LogP contribution in [-0.2, 0) is 16.6 Å². The number of halogens is 1. The molecule has 6 aromatic rings. The number of pyridine rings is 1. The number of nitrogens with zero attached hydrogens (tertiary/aromatic N) is 5. The number of rotatable bonds is 8. The molecule has 0 saturated heterocycles. The van der Waals surface area contributed by atoms with E-state index in [0.29, 0.717) is 33.4 Å². The van der Waals surface area contributed by atoms with Crippen molar-refractivity contribution >= 4 is 49.9 Å². The molecule has 3 aromatic heterocycles. The minimum absolute atomic E-state index is 0.0389. The lowest BCUT2D eigenvalue weighted by atomic mass is 10.1. The first-order valence-corrected chi connectivity index (χ1v) is 14.7. The first kappa shape index (κ1) is 27.8. The fourth-order valence-corrected chi connectivity index (χ4v) is 6.22. The van der Waals surface area contributed by atoms with E-state index in [9.17, 15) is 23.3 Å². The van der Waals surface area contributed by atoms with Crippen molar-refractivity contribution in [3.63, 3.8) is 0 Å². The van der Waals surface area contributed by atoms with E-state index in [1.165, 1.54) is 51.3 Å². The third-order valence-corrected chi connectivity index (χ3v) is 8.68. The zero-order valence-electron chi connectivity index (χ0n) is 22.2. The molecule has 1 N–H and O–H groups in total. The van der Waals surface area contributed by atoms with E-state index >= 15 is 0 Å². The van der Waals surface area contributed by atoms with Crippen molar-refractivity contribution in [3.8, 4) is 11.3 Å². The molecule has 0 spiro atoms. The molecule has 0 aliphatic carbocycles. The largest absolute Gasteiger partial charge is 0.323 e. The van der Waals surface area contributed by atoms with Gasteiger partial charge in [-0.3, -0.25) is 14.9 Å². The van der Waals surface area contributed by atoms with Crippen LogP contribution in [0.15, 0.2) is 119 Å². The number of fused-ring (bicyclic) bond motifs is 1. The number of anilines is 2. The molecule has 0 saturated carbocycles. The highest BCUT2D eigenvalue weighted by molar-refractivity contribution is 7.90. The minimum Gasteiger partial charge on any atom is -0.323 e. The normalized spacial score (nSPS) is 11.5. The maximum absolute atomic E-state index is 13.5. The molecule has 6 rings (SSSR count). The highest BCUT2D eigenvalue weighted by Gasteiger charge is 2.23. The number of aromatic nitrogens is 4. The van der Waals surface area contributed by atoms with E-state index in [1.54, 1.807) is 66.9 Å². The van der Waals surface area contributed by atoms with Crippen molar-refractivity contribution < 1.29 is 13.3 Å². The van der Waals surface area contributed by atoms with E-state index in [-0.39, 0.29) is 33.7 Å². The number of benzene rings is 3. The SMILES string of the molecule is O=c1ccc(Nc2ncc(Cl)c(-c3cn(S(=O)(=O)c4ccccc4)c4ccccc34)n2)cn1Cc1ccc([N+](=O)[O-])cc1. The van der Waals surface area contributed by atoms with Gasteiger partial charge in [-0.15, -0.1) is 0 Å². The zero-order valence-corrected chi connectivity index (χ0v) is 23.7. The number of hydrogen-bond donors (Lipinski definition) is 1. The van der Waals surface area contributed by atoms with Crippen molar-refractivity contribution in [1.82, 2.24) is 18.5 Å². The second-order valence-corrected chi connectivity index (χ2v) is 11.7. The van der Waals surface area contributed by atoms with Crippen LogP contribution in [0.3, 0.4) is 0 Å². The maximum Gasteiger partial charge on any atom is 0.269 e. The summed E-state index contributed by atoms with van der Waals surface area (Å²) >= 11 is 6.54.